The highest BCUT2D eigenvalue weighted by molar-refractivity contribution is 9.10. The number of rotatable bonds is 4. The lowest BCUT2D eigenvalue weighted by molar-refractivity contribution is 0.102. The second-order valence-electron chi connectivity index (χ2n) is 5.03. The second kappa shape index (κ2) is 5.89. The van der Waals surface area contributed by atoms with Crippen molar-refractivity contribution in [2.75, 3.05) is 0 Å². The summed E-state index contributed by atoms with van der Waals surface area (Å²) in [5, 5.41) is 10.8. The first-order chi connectivity index (χ1) is 9.04. The van der Waals surface area contributed by atoms with Crippen LogP contribution in [0.5, 0.6) is 0 Å². The molecule has 0 aromatic heterocycles. The number of hydrogen-bond acceptors (Lipinski definition) is 1. The maximum Gasteiger partial charge on any atom is 0.112 e. The third kappa shape index (κ3) is 3.26. The van der Waals surface area contributed by atoms with Crippen LogP contribution >= 0.6 is 15.9 Å². The monoisotopic (exact) mass is 318 g/mol. The summed E-state index contributed by atoms with van der Waals surface area (Å²) < 4.78 is 1.02. The Morgan fingerprint density at radius 3 is 2.37 bits per heavy atom. The first kappa shape index (κ1) is 14.3. The van der Waals surface area contributed by atoms with Gasteiger partial charge in [0.25, 0.3) is 0 Å². The van der Waals surface area contributed by atoms with Crippen molar-refractivity contribution in [1.29, 1.82) is 0 Å². The molecule has 0 spiro atoms. The Morgan fingerprint density at radius 2 is 1.74 bits per heavy atom. The molecule has 0 heterocycles. The predicted octanol–water partition coefficient (Wildman–Crippen LogP) is 4.66. The van der Waals surface area contributed by atoms with E-state index in [0.29, 0.717) is 0 Å². The summed E-state index contributed by atoms with van der Waals surface area (Å²) in [4.78, 5) is 0. The highest BCUT2D eigenvalue weighted by Gasteiger charge is 2.25. The molecule has 0 radical (unpaired) electrons. The van der Waals surface area contributed by atoms with E-state index in [9.17, 15) is 5.11 Å². The summed E-state index contributed by atoms with van der Waals surface area (Å²) >= 11 is 3.42. The fraction of sp³-hybridized carbons (Fsp3) is 0.294. The van der Waals surface area contributed by atoms with E-state index < -0.39 is 5.60 Å². The van der Waals surface area contributed by atoms with Crippen LogP contribution in [0.15, 0.2) is 53.0 Å². The van der Waals surface area contributed by atoms with Gasteiger partial charge in [-0.1, -0.05) is 65.7 Å². The van der Waals surface area contributed by atoms with Crippen LogP contribution in [0.4, 0.5) is 0 Å². The summed E-state index contributed by atoms with van der Waals surface area (Å²) in [6, 6.07) is 16.1. The highest BCUT2D eigenvalue weighted by Crippen LogP contribution is 2.30. The zero-order valence-electron chi connectivity index (χ0n) is 11.4. The van der Waals surface area contributed by atoms with Crippen molar-refractivity contribution in [1.82, 2.24) is 0 Å². The van der Waals surface area contributed by atoms with Gasteiger partial charge in [-0.15, -0.1) is 0 Å². The van der Waals surface area contributed by atoms with Gasteiger partial charge >= 0.3 is 0 Å². The molecule has 0 saturated heterocycles. The smallest absolute Gasteiger partial charge is 0.112 e. The summed E-state index contributed by atoms with van der Waals surface area (Å²) in [5.74, 6) is 0. The van der Waals surface area contributed by atoms with Crippen LogP contribution in [0.1, 0.15) is 37.0 Å². The number of halogens is 1. The van der Waals surface area contributed by atoms with Gasteiger partial charge in [0, 0.05) is 4.47 Å². The van der Waals surface area contributed by atoms with Gasteiger partial charge in [-0.3, -0.25) is 0 Å². The molecule has 0 amide bonds. The maximum atomic E-state index is 10.8. The van der Waals surface area contributed by atoms with Crippen LogP contribution in [-0.4, -0.2) is 5.11 Å². The van der Waals surface area contributed by atoms with Crippen molar-refractivity contribution in [2.45, 2.75) is 32.3 Å². The standard InChI is InChI=1S/C17H19BrO/c1-3-5-13-6-4-7-15(12-13)17(2,19)14-8-10-16(18)11-9-14/h4,6-12,19H,3,5H2,1-2H3. The van der Waals surface area contributed by atoms with Gasteiger partial charge < -0.3 is 5.11 Å². The molecule has 0 saturated carbocycles. The molecule has 2 aromatic carbocycles. The number of aryl methyl sites for hydroxylation is 1. The highest BCUT2D eigenvalue weighted by atomic mass is 79.9. The maximum absolute atomic E-state index is 10.8. The van der Waals surface area contributed by atoms with Gasteiger partial charge in [-0.25, -0.2) is 0 Å². The van der Waals surface area contributed by atoms with Gasteiger partial charge in [0.2, 0.25) is 0 Å². The zero-order chi connectivity index (χ0) is 13.9. The molecule has 0 aliphatic heterocycles. The third-order valence-electron chi connectivity index (χ3n) is 3.43. The molecule has 0 aliphatic carbocycles. The van der Waals surface area contributed by atoms with Crippen molar-refractivity contribution in [2.24, 2.45) is 0 Å². The number of aliphatic hydroxyl groups is 1. The summed E-state index contributed by atoms with van der Waals surface area (Å²) in [6.45, 7) is 4.01. The normalized spacial score (nSPS) is 14.1. The average Bonchev–Trinajstić information content (AvgIpc) is 2.40. The van der Waals surface area contributed by atoms with Gasteiger partial charge in [-0.05, 0) is 42.2 Å². The van der Waals surface area contributed by atoms with Gasteiger partial charge in [0.15, 0.2) is 0 Å². The summed E-state index contributed by atoms with van der Waals surface area (Å²) in [6.07, 6.45) is 2.16. The Labute approximate surface area is 123 Å². The van der Waals surface area contributed by atoms with E-state index in [1.54, 1.807) is 0 Å². The van der Waals surface area contributed by atoms with Crippen LogP contribution in [0.3, 0.4) is 0 Å². The molecule has 1 N–H and O–H groups in total. The quantitative estimate of drug-likeness (QED) is 0.869. The lowest BCUT2D eigenvalue weighted by atomic mass is 9.87. The molecule has 100 valence electrons. The largest absolute Gasteiger partial charge is 0.381 e. The second-order valence-corrected chi connectivity index (χ2v) is 5.95. The van der Waals surface area contributed by atoms with Gasteiger partial charge in [0.05, 0.1) is 0 Å². The van der Waals surface area contributed by atoms with Crippen molar-refractivity contribution in [3.8, 4) is 0 Å². The van der Waals surface area contributed by atoms with Crippen LogP contribution < -0.4 is 0 Å². The van der Waals surface area contributed by atoms with Crippen molar-refractivity contribution in [3.05, 3.63) is 69.7 Å². The molecule has 1 nitrogen and oxygen atoms in total. The van der Waals surface area contributed by atoms with E-state index in [4.69, 9.17) is 0 Å². The molecule has 0 aliphatic rings. The first-order valence-corrected chi connectivity index (χ1v) is 7.41. The van der Waals surface area contributed by atoms with Crippen LogP contribution in [-0.2, 0) is 12.0 Å². The van der Waals surface area contributed by atoms with Gasteiger partial charge in [-0.2, -0.15) is 0 Å². The topological polar surface area (TPSA) is 20.2 Å². The Balaban J connectivity index is 2.37. The van der Waals surface area contributed by atoms with Crippen molar-refractivity contribution >= 4 is 15.9 Å². The lowest BCUT2D eigenvalue weighted by Crippen LogP contribution is -2.22. The first-order valence-electron chi connectivity index (χ1n) is 6.62. The zero-order valence-corrected chi connectivity index (χ0v) is 12.9. The summed E-state index contributed by atoms with van der Waals surface area (Å²) in [7, 11) is 0. The molecule has 0 fully saturated rings. The fourth-order valence-corrected chi connectivity index (χ4v) is 2.52. The Bertz CT molecular complexity index is 543. The molecule has 0 bridgehead atoms. The molecule has 19 heavy (non-hydrogen) atoms. The average molecular weight is 319 g/mol. The van der Waals surface area contributed by atoms with E-state index >= 15 is 0 Å². The van der Waals surface area contributed by atoms with Gasteiger partial charge in [0.1, 0.15) is 5.60 Å². The van der Waals surface area contributed by atoms with E-state index in [1.807, 2.05) is 43.3 Å². The molecular weight excluding hydrogens is 300 g/mol. The lowest BCUT2D eigenvalue weighted by Gasteiger charge is -2.25. The molecular formula is C17H19BrO. The minimum absolute atomic E-state index is 0.907. The predicted molar refractivity (Wildman–Crippen MR) is 83.3 cm³/mol. The molecule has 2 heteroatoms. The van der Waals surface area contributed by atoms with Crippen LogP contribution in [0, 0.1) is 0 Å². The Kier molecular flexibility index (Phi) is 4.43. The van der Waals surface area contributed by atoms with E-state index in [-0.39, 0.29) is 0 Å². The number of hydrogen-bond donors (Lipinski definition) is 1. The molecule has 2 rings (SSSR count). The third-order valence-corrected chi connectivity index (χ3v) is 3.96. The minimum Gasteiger partial charge on any atom is -0.381 e. The SMILES string of the molecule is CCCc1cccc(C(C)(O)c2ccc(Br)cc2)c1. The molecule has 1 unspecified atom stereocenters. The van der Waals surface area contributed by atoms with Crippen molar-refractivity contribution < 1.29 is 5.11 Å². The number of benzene rings is 2. The molecule has 1 atom stereocenters. The van der Waals surface area contributed by atoms with E-state index in [0.717, 1.165) is 28.4 Å². The fourth-order valence-electron chi connectivity index (χ4n) is 2.26. The minimum atomic E-state index is -0.954. The van der Waals surface area contributed by atoms with E-state index in [2.05, 4.69) is 35.0 Å². The molecule has 2 aromatic rings. The van der Waals surface area contributed by atoms with Crippen molar-refractivity contribution in [3.63, 3.8) is 0 Å². The van der Waals surface area contributed by atoms with E-state index in [1.165, 1.54) is 5.56 Å². The van der Waals surface area contributed by atoms with Crippen LogP contribution in [0.2, 0.25) is 0 Å². The van der Waals surface area contributed by atoms with Crippen LogP contribution in [0.25, 0.3) is 0 Å². The Morgan fingerprint density at radius 1 is 1.05 bits per heavy atom. The summed E-state index contributed by atoms with van der Waals surface area (Å²) in [5.41, 5.74) is 2.17. The Hall–Kier alpha value is -1.12.